The molecule has 1 nitrogen and oxygen atoms in total. The molecule has 1 aromatic heterocycles. The predicted molar refractivity (Wildman–Crippen MR) is 295 cm³/mol. The van der Waals surface area contributed by atoms with Gasteiger partial charge in [0.2, 0.25) is 0 Å². The molecule has 70 heavy (non-hydrogen) atoms. The maximum atomic E-state index is 2.48. The predicted octanol–water partition coefficient (Wildman–Crippen LogP) is 18.4. The van der Waals surface area contributed by atoms with E-state index < -0.39 is 0 Å². The highest BCUT2D eigenvalue weighted by Gasteiger charge is 2.38. The molecule has 0 radical (unpaired) electrons. The average molecular weight is 896 g/mol. The van der Waals surface area contributed by atoms with Gasteiger partial charge in [0, 0.05) is 32.7 Å². The molecular weight excluding hydrogens is 843 g/mol. The van der Waals surface area contributed by atoms with E-state index in [0.717, 1.165) is 5.69 Å². The van der Waals surface area contributed by atoms with Crippen LogP contribution in [0.15, 0.2) is 212 Å². The second-order valence-corrected chi connectivity index (χ2v) is 21.7. The van der Waals surface area contributed by atoms with Gasteiger partial charge in [-0.3, -0.25) is 0 Å². The van der Waals surface area contributed by atoms with E-state index >= 15 is 0 Å². The molecule has 0 saturated carbocycles. The lowest BCUT2D eigenvalue weighted by Gasteiger charge is -2.23. The van der Waals surface area contributed by atoms with E-state index in [4.69, 9.17) is 0 Å². The van der Waals surface area contributed by atoms with Gasteiger partial charge in [-0.15, -0.1) is 0 Å². The Morgan fingerprint density at radius 3 is 0.914 bits per heavy atom. The van der Waals surface area contributed by atoms with Crippen molar-refractivity contribution in [3.05, 3.63) is 246 Å². The summed E-state index contributed by atoms with van der Waals surface area (Å²) >= 11 is 0. The minimum absolute atomic E-state index is 0.111. The average Bonchev–Trinajstić information content (AvgIpc) is 4.02. The third-order valence-corrected chi connectivity index (χ3v) is 16.8. The van der Waals surface area contributed by atoms with Crippen LogP contribution in [0.5, 0.6) is 0 Å². The van der Waals surface area contributed by atoms with E-state index in [-0.39, 0.29) is 16.2 Å². The Morgan fingerprint density at radius 2 is 0.529 bits per heavy atom. The molecule has 0 spiro atoms. The molecule has 3 aliphatic carbocycles. The summed E-state index contributed by atoms with van der Waals surface area (Å²) < 4.78 is 2.48. The number of hydrogen-bond donors (Lipinski definition) is 0. The van der Waals surface area contributed by atoms with Crippen LogP contribution in [-0.2, 0) is 16.2 Å². The molecule has 10 aromatic carbocycles. The summed E-state index contributed by atoms with van der Waals surface area (Å²) in [4.78, 5) is 0. The molecule has 0 amide bonds. The van der Waals surface area contributed by atoms with Crippen molar-refractivity contribution in [2.45, 2.75) is 57.8 Å². The molecule has 334 valence electrons. The van der Waals surface area contributed by atoms with Crippen molar-refractivity contribution >= 4 is 21.8 Å². The fourth-order valence-electron chi connectivity index (χ4n) is 13.1. The molecule has 3 aliphatic rings. The van der Waals surface area contributed by atoms with Crippen molar-refractivity contribution in [2.75, 3.05) is 0 Å². The van der Waals surface area contributed by atoms with Crippen molar-refractivity contribution in [3.63, 3.8) is 0 Å². The first-order valence-corrected chi connectivity index (χ1v) is 25.0. The lowest BCUT2D eigenvalue weighted by Crippen LogP contribution is -2.15. The lowest BCUT2D eigenvalue weighted by atomic mass is 9.80. The summed E-state index contributed by atoms with van der Waals surface area (Å²) in [6, 6.07) is 80.8. The number of hydrogen-bond acceptors (Lipinski definition) is 0. The zero-order valence-electron chi connectivity index (χ0n) is 40.7. The highest BCUT2D eigenvalue weighted by molar-refractivity contribution is 6.09. The molecule has 0 N–H and O–H groups in total. The van der Waals surface area contributed by atoms with Crippen LogP contribution in [0.25, 0.3) is 105 Å². The van der Waals surface area contributed by atoms with Gasteiger partial charge in [0.1, 0.15) is 0 Å². The Bertz CT molecular complexity index is 3860. The van der Waals surface area contributed by atoms with Crippen LogP contribution in [0, 0.1) is 0 Å². The van der Waals surface area contributed by atoms with Gasteiger partial charge in [0.05, 0.1) is 11.0 Å². The van der Waals surface area contributed by atoms with E-state index in [2.05, 4.69) is 258 Å². The van der Waals surface area contributed by atoms with Crippen LogP contribution in [-0.4, -0.2) is 4.57 Å². The minimum atomic E-state index is -0.115. The summed E-state index contributed by atoms with van der Waals surface area (Å²) in [5.41, 5.74) is 29.3. The van der Waals surface area contributed by atoms with E-state index in [1.54, 1.807) is 0 Å². The zero-order chi connectivity index (χ0) is 47.3. The number of para-hydroxylation sites is 2. The van der Waals surface area contributed by atoms with E-state index in [0.29, 0.717) is 0 Å². The van der Waals surface area contributed by atoms with Crippen molar-refractivity contribution < 1.29 is 0 Å². The number of rotatable bonds is 5. The molecule has 0 unspecified atom stereocenters. The number of benzene rings is 10. The van der Waals surface area contributed by atoms with Gasteiger partial charge in [-0.05, 0) is 178 Å². The molecule has 11 aromatic rings. The second-order valence-electron chi connectivity index (χ2n) is 21.7. The fourth-order valence-corrected chi connectivity index (χ4v) is 13.1. The van der Waals surface area contributed by atoms with Gasteiger partial charge in [0.25, 0.3) is 0 Å². The fraction of sp³-hybridized carbons (Fsp3) is 0.130. The largest absolute Gasteiger partial charge is 0.309 e. The quantitative estimate of drug-likeness (QED) is 0.162. The van der Waals surface area contributed by atoms with Crippen LogP contribution in [0.2, 0.25) is 0 Å². The molecule has 14 rings (SSSR count). The van der Waals surface area contributed by atoms with Gasteiger partial charge in [0.15, 0.2) is 0 Å². The zero-order valence-corrected chi connectivity index (χ0v) is 40.7. The van der Waals surface area contributed by atoms with Crippen LogP contribution in [0.1, 0.15) is 74.9 Å². The molecule has 0 fully saturated rings. The SMILES string of the molecule is CC1(C)c2ccccc2-c2ccc(-c3cc(-c4cc(-c5ccc6c(c5)C(C)(C)c5ccccc5-6)cc(-n5c6ccccc6c6ccccc65)c4)cc(-c4ccc5c(c4)C(C)(C)c4ccccc4-5)c3)cc21. The minimum Gasteiger partial charge on any atom is -0.309 e. The summed E-state index contributed by atoms with van der Waals surface area (Å²) in [5.74, 6) is 0. The van der Waals surface area contributed by atoms with Gasteiger partial charge < -0.3 is 4.57 Å². The van der Waals surface area contributed by atoms with Crippen molar-refractivity contribution in [1.82, 2.24) is 4.57 Å². The van der Waals surface area contributed by atoms with Gasteiger partial charge >= 0.3 is 0 Å². The first-order valence-electron chi connectivity index (χ1n) is 25.0. The van der Waals surface area contributed by atoms with Crippen molar-refractivity contribution in [3.8, 4) is 83.6 Å². The summed E-state index contributed by atoms with van der Waals surface area (Å²) in [5, 5.41) is 2.52. The topological polar surface area (TPSA) is 4.93 Å². The third-order valence-electron chi connectivity index (χ3n) is 16.8. The molecule has 1 heterocycles. The van der Waals surface area contributed by atoms with Crippen LogP contribution < -0.4 is 0 Å². The monoisotopic (exact) mass is 895 g/mol. The number of aromatic nitrogens is 1. The Morgan fingerprint density at radius 1 is 0.243 bits per heavy atom. The third kappa shape index (κ3) is 5.79. The Labute approximate surface area is 411 Å². The van der Waals surface area contributed by atoms with E-state index in [1.165, 1.54) is 133 Å². The molecule has 0 saturated heterocycles. The first kappa shape index (κ1) is 41.0. The Kier molecular flexibility index (Phi) is 8.50. The molecule has 0 aliphatic heterocycles. The lowest BCUT2D eigenvalue weighted by molar-refractivity contribution is 0.660. The van der Waals surface area contributed by atoms with E-state index in [1.807, 2.05) is 0 Å². The van der Waals surface area contributed by atoms with Gasteiger partial charge in [-0.1, -0.05) is 187 Å². The summed E-state index contributed by atoms with van der Waals surface area (Å²) in [6.07, 6.45) is 0. The maximum Gasteiger partial charge on any atom is 0.0541 e. The highest BCUT2D eigenvalue weighted by Crippen LogP contribution is 2.53. The smallest absolute Gasteiger partial charge is 0.0541 e. The van der Waals surface area contributed by atoms with Gasteiger partial charge in [-0.2, -0.15) is 0 Å². The normalized spacial score (nSPS) is 15.1. The summed E-state index contributed by atoms with van der Waals surface area (Å²) in [7, 11) is 0. The van der Waals surface area contributed by atoms with Crippen LogP contribution in [0.4, 0.5) is 0 Å². The summed E-state index contributed by atoms with van der Waals surface area (Å²) in [6.45, 7) is 14.3. The Balaban J connectivity index is 1.01. The standard InChI is InChI=1S/C69H53N/c1-67(2)59-22-12-7-17-51(59)54-30-27-42(39-62(54)67)45-33-46(43-28-31-55-52-18-8-13-23-60(52)68(3,4)63(55)40-43)35-47(34-45)49-36-48(44-29-32-56-53-19-9-14-24-61(53)69(5,6)64(56)41-44)37-50(38-49)70-65-25-15-10-20-57(65)58-21-11-16-26-66(58)70/h7-41H,1-6H3. The maximum absolute atomic E-state index is 2.48. The number of fused-ring (bicyclic) bond motifs is 12. The van der Waals surface area contributed by atoms with Crippen LogP contribution in [0.3, 0.4) is 0 Å². The van der Waals surface area contributed by atoms with Gasteiger partial charge in [-0.25, -0.2) is 0 Å². The van der Waals surface area contributed by atoms with E-state index in [9.17, 15) is 0 Å². The number of nitrogens with zero attached hydrogens (tertiary/aromatic N) is 1. The second kappa shape index (κ2) is 14.5. The molecule has 0 bridgehead atoms. The molecule has 0 atom stereocenters. The highest BCUT2D eigenvalue weighted by atomic mass is 15.0. The van der Waals surface area contributed by atoms with Crippen molar-refractivity contribution in [2.24, 2.45) is 0 Å². The Hall–Kier alpha value is -8.00. The molecule has 1 heteroatoms. The van der Waals surface area contributed by atoms with Crippen LogP contribution >= 0.6 is 0 Å². The molecular formula is C69H53N. The van der Waals surface area contributed by atoms with Crippen molar-refractivity contribution in [1.29, 1.82) is 0 Å². The first-order chi connectivity index (χ1) is 33.9.